The van der Waals surface area contributed by atoms with E-state index in [4.69, 9.17) is 0 Å². The Labute approximate surface area is 85.2 Å². The third-order valence-corrected chi connectivity index (χ3v) is 3.51. The number of benzene rings is 1. The standard InChI is InChI=1S/C10H15NO2S/c1-3-14(12,13)11-9(2)10-7-5-4-6-8-10/h4-9,11H,3H2,1-2H3/t9-/m1/s1. The lowest BCUT2D eigenvalue weighted by Crippen LogP contribution is -2.28. The lowest BCUT2D eigenvalue weighted by Gasteiger charge is -2.13. The van der Waals surface area contributed by atoms with Gasteiger partial charge < -0.3 is 0 Å². The van der Waals surface area contributed by atoms with Crippen molar-refractivity contribution in [1.82, 2.24) is 4.72 Å². The number of nitrogens with one attached hydrogen (secondary N) is 1. The second-order valence-electron chi connectivity index (χ2n) is 3.15. The molecule has 0 aromatic heterocycles. The van der Waals surface area contributed by atoms with Gasteiger partial charge in [0, 0.05) is 6.04 Å². The van der Waals surface area contributed by atoms with Crippen LogP contribution in [0, 0.1) is 0 Å². The fraction of sp³-hybridized carbons (Fsp3) is 0.400. The maximum absolute atomic E-state index is 11.3. The first kappa shape index (κ1) is 11.2. The lowest BCUT2D eigenvalue weighted by molar-refractivity contribution is 0.568. The number of rotatable bonds is 4. The van der Waals surface area contributed by atoms with Crippen LogP contribution in [0.25, 0.3) is 0 Å². The van der Waals surface area contributed by atoms with Gasteiger partial charge in [-0.2, -0.15) is 0 Å². The number of hydrogen-bond donors (Lipinski definition) is 1. The SMILES string of the molecule is CCS(=O)(=O)N[C@H](C)c1ccccc1. The summed E-state index contributed by atoms with van der Waals surface area (Å²) < 4.78 is 25.1. The molecule has 1 rings (SSSR count). The molecule has 0 radical (unpaired) electrons. The third kappa shape index (κ3) is 3.12. The minimum Gasteiger partial charge on any atom is -0.212 e. The Hall–Kier alpha value is -0.870. The molecule has 0 aliphatic carbocycles. The Bertz CT molecular complexity index is 372. The summed E-state index contributed by atoms with van der Waals surface area (Å²) >= 11 is 0. The zero-order valence-electron chi connectivity index (χ0n) is 8.40. The zero-order valence-corrected chi connectivity index (χ0v) is 9.21. The van der Waals surface area contributed by atoms with Gasteiger partial charge in [-0.3, -0.25) is 0 Å². The highest BCUT2D eigenvalue weighted by molar-refractivity contribution is 7.89. The van der Waals surface area contributed by atoms with Crippen LogP contribution in [0.2, 0.25) is 0 Å². The summed E-state index contributed by atoms with van der Waals surface area (Å²) in [4.78, 5) is 0. The first-order valence-corrected chi connectivity index (χ1v) is 6.25. The summed E-state index contributed by atoms with van der Waals surface area (Å²) in [6.45, 7) is 3.46. The lowest BCUT2D eigenvalue weighted by atomic mass is 10.1. The van der Waals surface area contributed by atoms with E-state index in [1.54, 1.807) is 6.92 Å². The maximum atomic E-state index is 11.3. The van der Waals surface area contributed by atoms with Crippen molar-refractivity contribution in [3.05, 3.63) is 35.9 Å². The van der Waals surface area contributed by atoms with Gasteiger partial charge in [0.1, 0.15) is 0 Å². The van der Waals surface area contributed by atoms with E-state index in [1.165, 1.54) is 0 Å². The molecule has 0 saturated heterocycles. The van der Waals surface area contributed by atoms with Crippen LogP contribution in [0.5, 0.6) is 0 Å². The van der Waals surface area contributed by atoms with Gasteiger partial charge in [0.2, 0.25) is 10.0 Å². The summed E-state index contributed by atoms with van der Waals surface area (Å²) in [6.07, 6.45) is 0. The molecule has 1 atom stereocenters. The smallest absolute Gasteiger partial charge is 0.211 e. The minimum absolute atomic E-state index is 0.115. The van der Waals surface area contributed by atoms with E-state index in [2.05, 4.69) is 4.72 Å². The molecule has 3 nitrogen and oxygen atoms in total. The number of sulfonamides is 1. The Morgan fingerprint density at radius 2 is 1.86 bits per heavy atom. The molecular weight excluding hydrogens is 198 g/mol. The summed E-state index contributed by atoms with van der Waals surface area (Å²) in [5.74, 6) is 0.115. The van der Waals surface area contributed by atoms with Crippen molar-refractivity contribution in [2.75, 3.05) is 5.75 Å². The molecule has 1 aromatic carbocycles. The molecule has 0 unspecified atom stereocenters. The predicted molar refractivity (Wildman–Crippen MR) is 57.5 cm³/mol. The van der Waals surface area contributed by atoms with Gasteiger partial charge in [-0.25, -0.2) is 13.1 Å². The van der Waals surface area contributed by atoms with Crippen LogP contribution >= 0.6 is 0 Å². The minimum atomic E-state index is -3.12. The Balaban J connectivity index is 2.74. The topological polar surface area (TPSA) is 46.2 Å². The highest BCUT2D eigenvalue weighted by Gasteiger charge is 2.12. The van der Waals surface area contributed by atoms with Crippen LogP contribution in [0.4, 0.5) is 0 Å². The van der Waals surface area contributed by atoms with Gasteiger partial charge in [0.25, 0.3) is 0 Å². The second kappa shape index (κ2) is 4.57. The van der Waals surface area contributed by atoms with E-state index in [9.17, 15) is 8.42 Å². The van der Waals surface area contributed by atoms with Crippen LogP contribution in [0.3, 0.4) is 0 Å². The molecule has 1 N–H and O–H groups in total. The van der Waals surface area contributed by atoms with Gasteiger partial charge in [0.15, 0.2) is 0 Å². The average Bonchev–Trinajstić information content (AvgIpc) is 2.19. The van der Waals surface area contributed by atoms with Crippen molar-refractivity contribution in [3.63, 3.8) is 0 Å². The monoisotopic (exact) mass is 213 g/mol. The first-order chi connectivity index (χ1) is 6.55. The molecule has 0 amide bonds. The molecule has 0 aliphatic heterocycles. The van der Waals surface area contributed by atoms with Crippen molar-refractivity contribution < 1.29 is 8.42 Å². The van der Waals surface area contributed by atoms with Crippen molar-refractivity contribution in [3.8, 4) is 0 Å². The Morgan fingerprint density at radius 3 is 2.36 bits per heavy atom. The second-order valence-corrected chi connectivity index (χ2v) is 5.20. The highest BCUT2D eigenvalue weighted by atomic mass is 32.2. The molecule has 0 fully saturated rings. The van der Waals surface area contributed by atoms with Gasteiger partial charge in [-0.05, 0) is 19.4 Å². The van der Waals surface area contributed by atoms with Gasteiger partial charge in [0.05, 0.1) is 5.75 Å². The fourth-order valence-corrected chi connectivity index (χ4v) is 2.00. The van der Waals surface area contributed by atoms with Crippen LogP contribution in [0.15, 0.2) is 30.3 Å². The largest absolute Gasteiger partial charge is 0.212 e. The molecule has 0 bridgehead atoms. The zero-order chi connectivity index (χ0) is 10.6. The Morgan fingerprint density at radius 1 is 1.29 bits per heavy atom. The third-order valence-electron chi connectivity index (χ3n) is 2.04. The summed E-state index contributed by atoms with van der Waals surface area (Å²) in [5.41, 5.74) is 0.976. The molecular formula is C10H15NO2S. The molecule has 1 aromatic rings. The Kier molecular flexibility index (Phi) is 3.66. The van der Waals surface area contributed by atoms with Crippen LogP contribution in [-0.2, 0) is 10.0 Å². The first-order valence-electron chi connectivity index (χ1n) is 4.60. The molecule has 0 saturated carbocycles. The van der Waals surface area contributed by atoms with Crippen molar-refractivity contribution in [2.24, 2.45) is 0 Å². The molecule has 0 heterocycles. The van der Waals surface area contributed by atoms with Crippen LogP contribution in [0.1, 0.15) is 25.5 Å². The normalized spacial score (nSPS) is 13.9. The predicted octanol–water partition coefficient (Wildman–Crippen LogP) is 1.69. The summed E-state index contributed by atoms with van der Waals surface area (Å²) in [7, 11) is -3.12. The van der Waals surface area contributed by atoms with Gasteiger partial charge in [-0.1, -0.05) is 30.3 Å². The molecule has 0 spiro atoms. The van der Waals surface area contributed by atoms with E-state index in [0.717, 1.165) is 5.56 Å². The summed E-state index contributed by atoms with van der Waals surface area (Å²) in [5, 5.41) is 0. The van der Waals surface area contributed by atoms with Crippen molar-refractivity contribution in [1.29, 1.82) is 0 Å². The van der Waals surface area contributed by atoms with Gasteiger partial charge in [-0.15, -0.1) is 0 Å². The fourth-order valence-electron chi connectivity index (χ4n) is 1.16. The van der Waals surface area contributed by atoms with E-state index in [1.807, 2.05) is 37.3 Å². The molecule has 0 aliphatic rings. The molecule has 78 valence electrons. The van der Waals surface area contributed by atoms with E-state index in [-0.39, 0.29) is 11.8 Å². The van der Waals surface area contributed by atoms with Crippen molar-refractivity contribution >= 4 is 10.0 Å². The number of hydrogen-bond acceptors (Lipinski definition) is 2. The molecule has 4 heteroatoms. The van der Waals surface area contributed by atoms with E-state index in [0.29, 0.717) is 0 Å². The van der Waals surface area contributed by atoms with E-state index >= 15 is 0 Å². The van der Waals surface area contributed by atoms with Crippen LogP contribution in [-0.4, -0.2) is 14.2 Å². The molecule has 14 heavy (non-hydrogen) atoms. The van der Waals surface area contributed by atoms with E-state index < -0.39 is 10.0 Å². The average molecular weight is 213 g/mol. The summed E-state index contributed by atoms with van der Waals surface area (Å²) in [6, 6.07) is 9.34. The highest BCUT2D eigenvalue weighted by Crippen LogP contribution is 2.12. The van der Waals surface area contributed by atoms with Gasteiger partial charge >= 0.3 is 0 Å². The van der Waals surface area contributed by atoms with Crippen molar-refractivity contribution in [2.45, 2.75) is 19.9 Å². The quantitative estimate of drug-likeness (QED) is 0.827. The maximum Gasteiger partial charge on any atom is 0.211 e. The van der Waals surface area contributed by atoms with Crippen LogP contribution < -0.4 is 4.72 Å².